The van der Waals surface area contributed by atoms with Crippen LogP contribution < -0.4 is 16.1 Å². The molecule has 3 N–H and O–H groups in total. The van der Waals surface area contributed by atoms with Crippen LogP contribution in [0.1, 0.15) is 24.1 Å². The molecular weight excluding hydrogens is 320 g/mol. The zero-order valence-electron chi connectivity index (χ0n) is 14.0. The number of hydrogen-bond donors (Lipinski definition) is 2. The van der Waals surface area contributed by atoms with E-state index in [4.69, 9.17) is 5.73 Å². The summed E-state index contributed by atoms with van der Waals surface area (Å²) in [6, 6.07) is 9.85. The van der Waals surface area contributed by atoms with Crippen LogP contribution in [0.15, 0.2) is 35.4 Å². The monoisotopic (exact) mass is 340 g/mol. The van der Waals surface area contributed by atoms with Crippen LogP contribution in [0.4, 0.5) is 5.82 Å². The molecule has 0 atom stereocenters. The molecule has 1 aliphatic heterocycles. The van der Waals surface area contributed by atoms with Crippen molar-refractivity contribution in [1.29, 1.82) is 0 Å². The first-order valence-electron chi connectivity index (χ1n) is 8.10. The van der Waals surface area contributed by atoms with Crippen molar-refractivity contribution in [2.45, 2.75) is 19.8 Å². The normalized spacial score (nSPS) is 14.2. The van der Waals surface area contributed by atoms with Gasteiger partial charge < -0.3 is 10.6 Å². The molecule has 0 unspecified atom stereocenters. The van der Waals surface area contributed by atoms with Crippen molar-refractivity contribution in [3.8, 4) is 5.69 Å². The second-order valence-electron chi connectivity index (χ2n) is 5.83. The van der Waals surface area contributed by atoms with Crippen LogP contribution in [0.2, 0.25) is 0 Å². The summed E-state index contributed by atoms with van der Waals surface area (Å²) >= 11 is 0. The number of aromatic nitrogens is 2. The summed E-state index contributed by atoms with van der Waals surface area (Å²) < 4.78 is 1.89. The molecule has 1 saturated heterocycles. The van der Waals surface area contributed by atoms with Crippen LogP contribution in [-0.2, 0) is 9.59 Å². The molecule has 1 fully saturated rings. The van der Waals surface area contributed by atoms with Gasteiger partial charge in [0.25, 0.3) is 0 Å². The summed E-state index contributed by atoms with van der Waals surface area (Å²) in [7, 11) is 0. The van der Waals surface area contributed by atoms with Crippen molar-refractivity contribution >= 4 is 23.8 Å². The van der Waals surface area contributed by atoms with E-state index < -0.39 is 11.8 Å². The highest BCUT2D eigenvalue weighted by Crippen LogP contribution is 2.28. The van der Waals surface area contributed by atoms with E-state index >= 15 is 0 Å². The summed E-state index contributed by atoms with van der Waals surface area (Å²) in [5.74, 6) is -1.10. The third-order valence-electron chi connectivity index (χ3n) is 4.07. The van der Waals surface area contributed by atoms with E-state index in [1.165, 1.54) is 6.21 Å². The number of amides is 2. The molecule has 2 amide bonds. The maximum atomic E-state index is 11.3. The Labute approximate surface area is 145 Å². The van der Waals surface area contributed by atoms with Gasteiger partial charge in [-0.3, -0.25) is 9.59 Å². The lowest BCUT2D eigenvalue weighted by atomic mass is 10.2. The zero-order valence-corrected chi connectivity index (χ0v) is 14.0. The summed E-state index contributed by atoms with van der Waals surface area (Å²) in [5, 5.41) is 8.50. The number of nitrogens with one attached hydrogen (secondary N) is 1. The van der Waals surface area contributed by atoms with E-state index in [0.717, 1.165) is 48.7 Å². The summed E-state index contributed by atoms with van der Waals surface area (Å²) in [6.07, 6.45) is 3.75. The lowest BCUT2D eigenvalue weighted by Gasteiger charge is -2.20. The smallest absolute Gasteiger partial charge is 0.329 e. The molecule has 1 aromatic heterocycles. The van der Waals surface area contributed by atoms with Gasteiger partial charge in [0.15, 0.2) is 0 Å². The van der Waals surface area contributed by atoms with E-state index in [0.29, 0.717) is 0 Å². The minimum atomic E-state index is -1.08. The second kappa shape index (κ2) is 7.16. The van der Waals surface area contributed by atoms with Gasteiger partial charge in [-0.1, -0.05) is 18.2 Å². The number of carbonyl (C=O) groups is 2. The Kier molecular flexibility index (Phi) is 4.78. The SMILES string of the molecule is Cc1nn(-c2ccccc2)c(N2CCCC2)c1/C=N\NC(=O)C(N)=O. The topological polar surface area (TPSA) is 106 Å². The minimum Gasteiger partial charge on any atom is -0.361 e. The highest BCUT2D eigenvalue weighted by molar-refractivity contribution is 6.34. The standard InChI is InChI=1S/C17H20N6O2/c1-12-14(11-19-20-16(25)15(18)24)17(22-9-5-6-10-22)23(21-12)13-7-3-2-4-8-13/h2-4,7-8,11H,5-6,9-10H2,1H3,(H2,18,24)(H,20,25)/b19-11-. The van der Waals surface area contributed by atoms with Crippen molar-refractivity contribution in [3.05, 3.63) is 41.6 Å². The maximum Gasteiger partial charge on any atom is 0.329 e. The first kappa shape index (κ1) is 16.7. The van der Waals surface area contributed by atoms with Crippen molar-refractivity contribution in [1.82, 2.24) is 15.2 Å². The van der Waals surface area contributed by atoms with E-state index in [2.05, 4.69) is 20.5 Å². The predicted molar refractivity (Wildman–Crippen MR) is 94.7 cm³/mol. The third-order valence-corrected chi connectivity index (χ3v) is 4.07. The molecule has 1 aliphatic rings. The van der Waals surface area contributed by atoms with Gasteiger partial charge in [-0.05, 0) is 31.9 Å². The number of hydrazone groups is 1. The van der Waals surface area contributed by atoms with Gasteiger partial charge in [-0.15, -0.1) is 0 Å². The first-order chi connectivity index (χ1) is 12.1. The van der Waals surface area contributed by atoms with E-state index in [-0.39, 0.29) is 0 Å². The number of nitrogens with two attached hydrogens (primary N) is 1. The van der Waals surface area contributed by atoms with Crippen molar-refractivity contribution in [3.63, 3.8) is 0 Å². The first-order valence-corrected chi connectivity index (χ1v) is 8.10. The van der Waals surface area contributed by atoms with Crippen LogP contribution in [-0.4, -0.2) is 40.9 Å². The second-order valence-corrected chi connectivity index (χ2v) is 5.83. The lowest BCUT2D eigenvalue weighted by molar-refractivity contribution is -0.137. The molecule has 0 aliphatic carbocycles. The van der Waals surface area contributed by atoms with Crippen LogP contribution in [0.5, 0.6) is 0 Å². The number of primary amides is 1. The average Bonchev–Trinajstić information content (AvgIpc) is 3.23. The number of nitrogens with zero attached hydrogens (tertiary/aromatic N) is 4. The highest BCUT2D eigenvalue weighted by atomic mass is 16.2. The molecule has 0 spiro atoms. The largest absolute Gasteiger partial charge is 0.361 e. The Bertz CT molecular complexity index is 806. The Balaban J connectivity index is 1.99. The number of para-hydroxylation sites is 1. The zero-order chi connectivity index (χ0) is 17.8. The highest BCUT2D eigenvalue weighted by Gasteiger charge is 2.23. The molecule has 0 radical (unpaired) electrons. The maximum absolute atomic E-state index is 11.3. The molecule has 0 saturated carbocycles. The fraction of sp³-hybridized carbons (Fsp3) is 0.294. The fourth-order valence-corrected chi connectivity index (χ4v) is 2.87. The summed E-state index contributed by atoms with van der Waals surface area (Å²) in [4.78, 5) is 24.3. The number of aryl methyl sites for hydroxylation is 1. The molecule has 3 rings (SSSR count). The van der Waals surface area contributed by atoms with Crippen LogP contribution in [0, 0.1) is 6.92 Å². The Morgan fingerprint density at radius 3 is 2.56 bits per heavy atom. The van der Waals surface area contributed by atoms with E-state index in [1.54, 1.807) is 0 Å². The molecule has 0 bridgehead atoms. The quantitative estimate of drug-likeness (QED) is 0.486. The van der Waals surface area contributed by atoms with Crippen molar-refractivity contribution in [2.24, 2.45) is 10.8 Å². The van der Waals surface area contributed by atoms with Gasteiger partial charge >= 0.3 is 11.8 Å². The number of anilines is 1. The molecule has 2 aromatic rings. The predicted octanol–water partition coefficient (Wildman–Crippen LogP) is 0.716. The molecular formula is C17H20N6O2. The van der Waals surface area contributed by atoms with Gasteiger partial charge in [0, 0.05) is 13.1 Å². The number of hydrogen-bond acceptors (Lipinski definition) is 5. The molecule has 1 aromatic carbocycles. The van der Waals surface area contributed by atoms with Crippen LogP contribution in [0.3, 0.4) is 0 Å². The lowest BCUT2D eigenvalue weighted by Crippen LogP contribution is -2.33. The van der Waals surface area contributed by atoms with Crippen molar-refractivity contribution < 1.29 is 9.59 Å². The van der Waals surface area contributed by atoms with Gasteiger partial charge in [-0.2, -0.15) is 10.2 Å². The number of carbonyl (C=O) groups excluding carboxylic acids is 2. The summed E-state index contributed by atoms with van der Waals surface area (Å²) in [5.41, 5.74) is 9.56. The van der Waals surface area contributed by atoms with Crippen molar-refractivity contribution in [2.75, 3.05) is 18.0 Å². The minimum absolute atomic E-state index is 0.780. The fourth-order valence-electron chi connectivity index (χ4n) is 2.87. The summed E-state index contributed by atoms with van der Waals surface area (Å²) in [6.45, 7) is 3.76. The Hall–Kier alpha value is -3.16. The van der Waals surface area contributed by atoms with E-state index in [9.17, 15) is 9.59 Å². The van der Waals surface area contributed by atoms with Crippen LogP contribution >= 0.6 is 0 Å². The molecule has 8 heteroatoms. The molecule has 8 nitrogen and oxygen atoms in total. The van der Waals surface area contributed by atoms with Gasteiger partial charge in [0.1, 0.15) is 5.82 Å². The van der Waals surface area contributed by atoms with E-state index in [1.807, 2.05) is 41.9 Å². The molecule has 2 heterocycles. The van der Waals surface area contributed by atoms with Crippen LogP contribution in [0.25, 0.3) is 5.69 Å². The average molecular weight is 340 g/mol. The third kappa shape index (κ3) is 3.52. The number of rotatable bonds is 4. The number of benzene rings is 1. The molecule has 130 valence electrons. The van der Waals surface area contributed by atoms with Gasteiger partial charge in [0.2, 0.25) is 0 Å². The Morgan fingerprint density at radius 2 is 1.92 bits per heavy atom. The molecule has 25 heavy (non-hydrogen) atoms. The van der Waals surface area contributed by atoms with Gasteiger partial charge in [-0.25, -0.2) is 10.1 Å². The van der Waals surface area contributed by atoms with Gasteiger partial charge in [0.05, 0.1) is 23.2 Å². The Morgan fingerprint density at radius 1 is 1.24 bits per heavy atom.